The number of nitrogens with two attached hydrogens (primary N) is 1. The molecular weight excluding hydrogens is 255 g/mol. The standard InChI is InChI=1S/C9H8F3N3OS/c1-4-2-3-17-6(4)5(13)7-14-8(16-15-7)9(10,11)12/h2-3,5H,13H2,1H3. The molecule has 0 amide bonds. The number of hydrogen-bond acceptors (Lipinski definition) is 5. The van der Waals surface area contributed by atoms with Crippen LogP contribution in [-0.2, 0) is 6.18 Å². The van der Waals surface area contributed by atoms with Gasteiger partial charge in [-0.2, -0.15) is 18.2 Å². The molecule has 2 rings (SSSR count). The molecule has 8 heteroatoms. The van der Waals surface area contributed by atoms with Gasteiger partial charge < -0.3 is 10.3 Å². The summed E-state index contributed by atoms with van der Waals surface area (Å²) in [6.07, 6.45) is -4.64. The van der Waals surface area contributed by atoms with E-state index in [1.54, 1.807) is 5.38 Å². The van der Waals surface area contributed by atoms with E-state index in [0.717, 1.165) is 10.4 Å². The number of halogens is 3. The molecule has 0 fully saturated rings. The van der Waals surface area contributed by atoms with Crippen LogP contribution in [0.2, 0.25) is 0 Å². The second-order valence-electron chi connectivity index (χ2n) is 3.40. The second-order valence-corrected chi connectivity index (χ2v) is 4.35. The highest BCUT2D eigenvalue weighted by atomic mass is 32.1. The van der Waals surface area contributed by atoms with E-state index in [9.17, 15) is 13.2 Å². The van der Waals surface area contributed by atoms with Crippen LogP contribution in [0.5, 0.6) is 0 Å². The third-order valence-electron chi connectivity index (χ3n) is 2.15. The van der Waals surface area contributed by atoms with Gasteiger partial charge in [-0.15, -0.1) is 11.3 Å². The molecule has 1 atom stereocenters. The summed E-state index contributed by atoms with van der Waals surface area (Å²) in [5.41, 5.74) is 6.67. The van der Waals surface area contributed by atoms with E-state index in [1.807, 2.05) is 13.0 Å². The molecule has 0 aliphatic carbocycles. The molecule has 2 aromatic heterocycles. The Labute approximate surface area is 98.2 Å². The molecule has 0 saturated heterocycles. The van der Waals surface area contributed by atoms with Crippen LogP contribution in [-0.4, -0.2) is 10.1 Å². The van der Waals surface area contributed by atoms with Crippen molar-refractivity contribution in [3.8, 4) is 0 Å². The van der Waals surface area contributed by atoms with Crippen molar-refractivity contribution in [3.63, 3.8) is 0 Å². The molecule has 0 aliphatic rings. The van der Waals surface area contributed by atoms with Crippen molar-refractivity contribution in [1.29, 1.82) is 0 Å². The molecule has 2 heterocycles. The van der Waals surface area contributed by atoms with E-state index in [1.165, 1.54) is 11.3 Å². The molecule has 0 saturated carbocycles. The molecular formula is C9H8F3N3OS. The van der Waals surface area contributed by atoms with Crippen molar-refractivity contribution in [2.24, 2.45) is 5.73 Å². The number of aryl methyl sites for hydroxylation is 1. The lowest BCUT2D eigenvalue weighted by Crippen LogP contribution is -2.14. The Morgan fingerprint density at radius 1 is 1.47 bits per heavy atom. The van der Waals surface area contributed by atoms with Crippen LogP contribution in [0.3, 0.4) is 0 Å². The van der Waals surface area contributed by atoms with Gasteiger partial charge in [0.1, 0.15) is 6.04 Å². The zero-order valence-electron chi connectivity index (χ0n) is 8.65. The number of nitrogens with zero attached hydrogens (tertiary/aromatic N) is 2. The lowest BCUT2D eigenvalue weighted by atomic mass is 10.2. The highest BCUT2D eigenvalue weighted by molar-refractivity contribution is 7.10. The van der Waals surface area contributed by atoms with Gasteiger partial charge in [0.2, 0.25) is 0 Å². The fourth-order valence-electron chi connectivity index (χ4n) is 1.30. The first-order valence-corrected chi connectivity index (χ1v) is 5.48. The fourth-order valence-corrected chi connectivity index (χ4v) is 2.22. The Bertz CT molecular complexity index is 520. The average Bonchev–Trinajstić information content (AvgIpc) is 2.83. The molecule has 4 nitrogen and oxygen atoms in total. The number of thiophene rings is 1. The van der Waals surface area contributed by atoms with Crippen LogP contribution in [0.1, 0.15) is 28.2 Å². The minimum atomic E-state index is -4.64. The van der Waals surface area contributed by atoms with E-state index in [0.29, 0.717) is 0 Å². The van der Waals surface area contributed by atoms with Gasteiger partial charge in [-0.25, -0.2) is 0 Å². The Balaban J connectivity index is 2.30. The van der Waals surface area contributed by atoms with Crippen molar-refractivity contribution in [2.45, 2.75) is 19.1 Å². The van der Waals surface area contributed by atoms with Gasteiger partial charge in [0.05, 0.1) is 0 Å². The molecule has 0 spiro atoms. The van der Waals surface area contributed by atoms with Crippen LogP contribution < -0.4 is 5.73 Å². The van der Waals surface area contributed by atoms with Gasteiger partial charge in [0.25, 0.3) is 0 Å². The summed E-state index contributed by atoms with van der Waals surface area (Å²) >= 11 is 1.34. The predicted molar refractivity (Wildman–Crippen MR) is 54.4 cm³/mol. The van der Waals surface area contributed by atoms with E-state index in [-0.39, 0.29) is 5.82 Å². The third kappa shape index (κ3) is 2.32. The summed E-state index contributed by atoms with van der Waals surface area (Å²) < 4.78 is 40.9. The first-order valence-electron chi connectivity index (χ1n) is 4.60. The summed E-state index contributed by atoms with van der Waals surface area (Å²) in [4.78, 5) is 3.98. The van der Waals surface area contributed by atoms with Gasteiger partial charge in [-0.05, 0) is 23.9 Å². The van der Waals surface area contributed by atoms with Crippen molar-refractivity contribution < 1.29 is 17.7 Å². The zero-order valence-corrected chi connectivity index (χ0v) is 9.47. The van der Waals surface area contributed by atoms with Crippen molar-refractivity contribution in [2.75, 3.05) is 0 Å². The van der Waals surface area contributed by atoms with Crippen molar-refractivity contribution >= 4 is 11.3 Å². The molecule has 1 unspecified atom stereocenters. The normalized spacial score (nSPS) is 13.9. The Morgan fingerprint density at radius 3 is 2.65 bits per heavy atom. The van der Waals surface area contributed by atoms with Gasteiger partial charge in [0, 0.05) is 4.88 Å². The van der Waals surface area contributed by atoms with Gasteiger partial charge >= 0.3 is 12.1 Å². The largest absolute Gasteiger partial charge is 0.471 e. The molecule has 0 aromatic carbocycles. The smallest absolute Gasteiger partial charge is 0.329 e. The zero-order chi connectivity index (χ0) is 12.6. The first kappa shape index (κ1) is 12.1. The number of rotatable bonds is 2. The van der Waals surface area contributed by atoms with Crippen molar-refractivity contribution in [1.82, 2.24) is 10.1 Å². The monoisotopic (exact) mass is 263 g/mol. The van der Waals surface area contributed by atoms with E-state index < -0.39 is 18.1 Å². The topological polar surface area (TPSA) is 64.9 Å². The molecule has 0 aliphatic heterocycles. The van der Waals surface area contributed by atoms with Crippen LogP contribution in [0.25, 0.3) is 0 Å². The van der Waals surface area contributed by atoms with Crippen molar-refractivity contribution in [3.05, 3.63) is 33.6 Å². The molecule has 2 aromatic rings. The van der Waals surface area contributed by atoms with Crippen LogP contribution in [0.15, 0.2) is 16.0 Å². The van der Waals surface area contributed by atoms with Crippen LogP contribution >= 0.6 is 11.3 Å². The number of hydrogen-bond donors (Lipinski definition) is 1. The fraction of sp³-hybridized carbons (Fsp3) is 0.333. The summed E-state index contributed by atoms with van der Waals surface area (Å²) in [6.45, 7) is 1.82. The molecule has 2 N–H and O–H groups in total. The summed E-state index contributed by atoms with van der Waals surface area (Å²) in [5.74, 6) is -1.54. The highest BCUT2D eigenvalue weighted by Crippen LogP contribution is 2.30. The maximum Gasteiger partial charge on any atom is 0.471 e. The SMILES string of the molecule is Cc1ccsc1C(N)c1noc(C(F)(F)F)n1. The maximum atomic E-state index is 12.3. The van der Waals surface area contributed by atoms with Gasteiger partial charge in [0.15, 0.2) is 5.82 Å². The minimum Gasteiger partial charge on any atom is -0.329 e. The summed E-state index contributed by atoms with van der Waals surface area (Å²) in [7, 11) is 0. The second kappa shape index (κ2) is 4.11. The summed E-state index contributed by atoms with van der Waals surface area (Å²) in [5, 5.41) is 5.06. The minimum absolute atomic E-state index is 0.164. The van der Waals surface area contributed by atoms with E-state index in [2.05, 4.69) is 14.7 Å². The average molecular weight is 263 g/mol. The Kier molecular flexibility index (Phi) is 2.92. The number of alkyl halides is 3. The van der Waals surface area contributed by atoms with Crippen LogP contribution in [0.4, 0.5) is 13.2 Å². The molecule has 17 heavy (non-hydrogen) atoms. The quantitative estimate of drug-likeness (QED) is 0.904. The highest BCUT2D eigenvalue weighted by Gasteiger charge is 2.39. The first-order chi connectivity index (χ1) is 7.89. The predicted octanol–water partition coefficient (Wildman–Crippen LogP) is 2.51. The molecule has 92 valence electrons. The number of aromatic nitrogens is 2. The molecule has 0 radical (unpaired) electrons. The van der Waals surface area contributed by atoms with E-state index in [4.69, 9.17) is 5.73 Å². The Hall–Kier alpha value is -1.41. The van der Waals surface area contributed by atoms with Crippen LogP contribution in [0, 0.1) is 6.92 Å². The lowest BCUT2D eigenvalue weighted by Gasteiger charge is -2.05. The molecule has 0 bridgehead atoms. The van der Waals surface area contributed by atoms with Gasteiger partial charge in [-0.3, -0.25) is 0 Å². The maximum absolute atomic E-state index is 12.3. The van der Waals surface area contributed by atoms with E-state index >= 15 is 0 Å². The Morgan fingerprint density at radius 2 is 2.18 bits per heavy atom. The third-order valence-corrected chi connectivity index (χ3v) is 3.25. The summed E-state index contributed by atoms with van der Waals surface area (Å²) in [6, 6.07) is 1.03. The lowest BCUT2D eigenvalue weighted by molar-refractivity contribution is -0.159. The van der Waals surface area contributed by atoms with Gasteiger partial charge in [-0.1, -0.05) is 5.16 Å².